The van der Waals surface area contributed by atoms with Crippen molar-refractivity contribution < 1.29 is 9.47 Å². The second kappa shape index (κ2) is 6.34. The fraction of sp³-hybridized carbons (Fsp3) is 0.636. The lowest BCUT2D eigenvalue weighted by atomic mass is 10.1. The summed E-state index contributed by atoms with van der Waals surface area (Å²) < 4.78 is 14.6. The fourth-order valence-corrected chi connectivity index (χ4v) is 2.78. The number of aromatic nitrogens is 1. The molecule has 5 nitrogen and oxygen atoms in total. The Labute approximate surface area is 115 Å². The highest BCUT2D eigenvalue weighted by Gasteiger charge is 2.31. The average Bonchev–Trinajstić information content (AvgIpc) is 2.67. The van der Waals surface area contributed by atoms with Crippen LogP contribution in [0.4, 0.5) is 5.00 Å². The second-order valence-electron chi connectivity index (χ2n) is 4.01. The van der Waals surface area contributed by atoms with E-state index in [1.165, 1.54) is 11.5 Å². The summed E-state index contributed by atoms with van der Waals surface area (Å²) in [6.07, 6.45) is 1.14. The fourth-order valence-electron chi connectivity index (χ4n) is 1.74. The molecule has 0 unspecified atom stereocenters. The first kappa shape index (κ1) is 13.6. The smallest absolute Gasteiger partial charge is 0.162 e. The van der Waals surface area contributed by atoms with Crippen molar-refractivity contribution in [2.75, 3.05) is 38.3 Å². The third kappa shape index (κ3) is 2.93. The molecule has 0 N–H and O–H groups in total. The van der Waals surface area contributed by atoms with Crippen molar-refractivity contribution in [1.82, 2.24) is 4.37 Å². The monoisotopic (exact) mass is 287 g/mol. The average molecular weight is 288 g/mol. The molecule has 1 aliphatic heterocycles. The molecule has 0 bridgehead atoms. The Morgan fingerprint density at radius 3 is 3.00 bits per heavy atom. The van der Waals surface area contributed by atoms with Gasteiger partial charge >= 0.3 is 0 Å². The van der Waals surface area contributed by atoms with E-state index in [4.69, 9.17) is 26.3 Å². The Kier molecular flexibility index (Phi) is 4.78. The van der Waals surface area contributed by atoms with Crippen molar-refractivity contribution in [2.24, 2.45) is 0 Å². The second-order valence-corrected chi connectivity index (χ2v) is 5.12. The minimum absolute atomic E-state index is 0.231. The molecule has 0 radical (unpaired) electrons. The third-order valence-electron chi connectivity index (χ3n) is 2.73. The van der Waals surface area contributed by atoms with E-state index in [2.05, 4.69) is 15.3 Å². The zero-order chi connectivity index (χ0) is 13.0. The molecular formula is C11H14ClN3O2S. The zero-order valence-corrected chi connectivity index (χ0v) is 11.6. The molecule has 98 valence electrons. The zero-order valence-electron chi connectivity index (χ0n) is 10.1. The number of hydrogen-bond donors (Lipinski definition) is 0. The van der Waals surface area contributed by atoms with Gasteiger partial charge in [0.15, 0.2) is 5.15 Å². The van der Waals surface area contributed by atoms with Crippen LogP contribution in [0.3, 0.4) is 0 Å². The Balaban J connectivity index is 1.77. The minimum Gasteiger partial charge on any atom is -0.385 e. The van der Waals surface area contributed by atoms with Crippen LogP contribution in [0.2, 0.25) is 5.15 Å². The third-order valence-corrected chi connectivity index (χ3v) is 4.01. The lowest BCUT2D eigenvalue weighted by Gasteiger charge is -2.39. The maximum Gasteiger partial charge on any atom is 0.162 e. The number of anilines is 1. The van der Waals surface area contributed by atoms with E-state index >= 15 is 0 Å². The van der Waals surface area contributed by atoms with Gasteiger partial charge in [0.2, 0.25) is 0 Å². The normalized spacial score (nSPS) is 15.5. The van der Waals surface area contributed by atoms with Crippen LogP contribution in [0.5, 0.6) is 0 Å². The summed E-state index contributed by atoms with van der Waals surface area (Å²) in [6.45, 7) is 3.01. The predicted octanol–water partition coefficient (Wildman–Crippen LogP) is 1.91. The van der Waals surface area contributed by atoms with Crippen molar-refractivity contribution in [3.63, 3.8) is 0 Å². The van der Waals surface area contributed by atoms with Crippen LogP contribution in [0, 0.1) is 11.3 Å². The summed E-state index contributed by atoms with van der Waals surface area (Å²) in [5.41, 5.74) is 0.472. The Morgan fingerprint density at radius 1 is 1.56 bits per heavy atom. The minimum atomic E-state index is 0.231. The molecule has 7 heteroatoms. The molecule has 0 aliphatic carbocycles. The predicted molar refractivity (Wildman–Crippen MR) is 70.3 cm³/mol. The summed E-state index contributed by atoms with van der Waals surface area (Å²) >= 11 is 7.09. The van der Waals surface area contributed by atoms with Gasteiger partial charge in [0.1, 0.15) is 16.6 Å². The lowest BCUT2D eigenvalue weighted by Crippen LogP contribution is -2.52. The van der Waals surface area contributed by atoms with Crippen LogP contribution in [0.15, 0.2) is 0 Å². The lowest BCUT2D eigenvalue weighted by molar-refractivity contribution is 0.0235. The highest BCUT2D eigenvalue weighted by atomic mass is 35.5. The summed E-state index contributed by atoms with van der Waals surface area (Å²) in [5, 5.41) is 10.1. The van der Waals surface area contributed by atoms with Gasteiger partial charge in [-0.3, -0.25) is 0 Å². The largest absolute Gasteiger partial charge is 0.385 e. The Hall–Kier alpha value is -0.870. The van der Waals surface area contributed by atoms with Crippen LogP contribution >= 0.6 is 23.1 Å². The van der Waals surface area contributed by atoms with Crippen molar-refractivity contribution >= 4 is 28.1 Å². The Morgan fingerprint density at radius 2 is 2.33 bits per heavy atom. The molecule has 0 saturated carbocycles. The number of rotatable bonds is 6. The SMILES string of the molecule is COCCCOC1CN(c2snc(Cl)c2C#N)C1. The summed E-state index contributed by atoms with van der Waals surface area (Å²) in [5.74, 6) is 0. The molecular weight excluding hydrogens is 274 g/mol. The van der Waals surface area contributed by atoms with Crippen LogP contribution in [-0.2, 0) is 9.47 Å². The van der Waals surface area contributed by atoms with Gasteiger partial charge in [0, 0.05) is 33.4 Å². The van der Waals surface area contributed by atoms with E-state index < -0.39 is 0 Å². The van der Waals surface area contributed by atoms with Crippen LogP contribution in [0.25, 0.3) is 0 Å². The summed E-state index contributed by atoms with van der Waals surface area (Å²) in [4.78, 5) is 2.07. The van der Waals surface area contributed by atoms with Gasteiger partial charge in [-0.2, -0.15) is 9.64 Å². The first-order valence-electron chi connectivity index (χ1n) is 5.67. The maximum atomic E-state index is 8.98. The van der Waals surface area contributed by atoms with Gasteiger partial charge in [0.05, 0.1) is 6.10 Å². The van der Waals surface area contributed by atoms with E-state index in [9.17, 15) is 0 Å². The molecule has 0 spiro atoms. The summed E-state index contributed by atoms with van der Waals surface area (Å²) in [7, 11) is 1.68. The van der Waals surface area contributed by atoms with Crippen LogP contribution in [-0.4, -0.2) is 43.9 Å². The van der Waals surface area contributed by atoms with Gasteiger partial charge in [0.25, 0.3) is 0 Å². The first-order valence-corrected chi connectivity index (χ1v) is 6.82. The van der Waals surface area contributed by atoms with Crippen molar-refractivity contribution in [3.8, 4) is 6.07 Å². The molecule has 1 fully saturated rings. The van der Waals surface area contributed by atoms with Gasteiger partial charge < -0.3 is 14.4 Å². The van der Waals surface area contributed by atoms with Crippen molar-refractivity contribution in [1.29, 1.82) is 5.26 Å². The highest BCUT2D eigenvalue weighted by molar-refractivity contribution is 7.10. The first-order chi connectivity index (χ1) is 8.76. The Bertz CT molecular complexity index is 440. The quantitative estimate of drug-likeness (QED) is 0.748. The molecule has 18 heavy (non-hydrogen) atoms. The molecule has 1 saturated heterocycles. The molecule has 1 aromatic heterocycles. The van der Waals surface area contributed by atoms with Crippen LogP contribution in [0.1, 0.15) is 12.0 Å². The standard InChI is InChI=1S/C11H14ClN3O2S/c1-16-3-2-4-17-8-6-15(7-8)11-9(5-13)10(12)14-18-11/h8H,2-4,6-7H2,1H3. The summed E-state index contributed by atoms with van der Waals surface area (Å²) in [6, 6.07) is 2.08. The molecule has 0 aromatic carbocycles. The topological polar surface area (TPSA) is 58.4 Å². The molecule has 0 atom stereocenters. The number of methoxy groups -OCH3 is 1. The molecule has 1 aromatic rings. The van der Waals surface area contributed by atoms with E-state index in [0.717, 1.165) is 31.1 Å². The van der Waals surface area contributed by atoms with Crippen molar-refractivity contribution in [2.45, 2.75) is 12.5 Å². The van der Waals surface area contributed by atoms with E-state index in [1.807, 2.05) is 0 Å². The molecule has 1 aliphatic rings. The molecule has 2 heterocycles. The molecule has 0 amide bonds. The van der Waals surface area contributed by atoms with Crippen molar-refractivity contribution in [3.05, 3.63) is 10.7 Å². The van der Waals surface area contributed by atoms with Gasteiger partial charge in [-0.15, -0.1) is 0 Å². The van der Waals surface area contributed by atoms with Gasteiger partial charge in [-0.05, 0) is 18.0 Å². The molecule has 2 rings (SSSR count). The van der Waals surface area contributed by atoms with Gasteiger partial charge in [-0.1, -0.05) is 11.6 Å². The van der Waals surface area contributed by atoms with E-state index in [1.54, 1.807) is 7.11 Å². The number of halogens is 1. The number of nitrogens with zero attached hydrogens (tertiary/aromatic N) is 3. The van der Waals surface area contributed by atoms with Gasteiger partial charge in [-0.25, -0.2) is 0 Å². The highest BCUT2D eigenvalue weighted by Crippen LogP contribution is 2.34. The maximum absolute atomic E-state index is 8.98. The number of hydrogen-bond acceptors (Lipinski definition) is 6. The number of nitriles is 1. The van der Waals surface area contributed by atoms with Crippen LogP contribution < -0.4 is 4.90 Å². The van der Waals surface area contributed by atoms with E-state index in [0.29, 0.717) is 17.3 Å². The number of ether oxygens (including phenoxy) is 2. The van der Waals surface area contributed by atoms with E-state index in [-0.39, 0.29) is 6.10 Å².